The molecule has 1 heterocycles. The van der Waals surface area contributed by atoms with Crippen molar-refractivity contribution in [2.24, 2.45) is 0 Å². The standard InChI is InChI=1S/C15H18N2O3/c1-5-19-14(18)13-17-16-12(20-13)10-6-8-11(9-7-10)15(2,3)4/h6-9H,5H2,1-4H3. The van der Waals surface area contributed by atoms with Crippen molar-refractivity contribution in [2.75, 3.05) is 6.61 Å². The second-order valence-electron chi connectivity index (χ2n) is 5.46. The van der Waals surface area contributed by atoms with Crippen LogP contribution in [0.5, 0.6) is 0 Å². The van der Waals surface area contributed by atoms with Gasteiger partial charge in [0.15, 0.2) is 0 Å². The lowest BCUT2D eigenvalue weighted by molar-refractivity contribution is 0.0481. The van der Waals surface area contributed by atoms with E-state index < -0.39 is 5.97 Å². The monoisotopic (exact) mass is 274 g/mol. The first-order valence-corrected chi connectivity index (χ1v) is 6.53. The summed E-state index contributed by atoms with van der Waals surface area (Å²) in [7, 11) is 0. The van der Waals surface area contributed by atoms with Crippen molar-refractivity contribution in [1.82, 2.24) is 10.2 Å². The van der Waals surface area contributed by atoms with Gasteiger partial charge in [-0.15, -0.1) is 10.2 Å². The Bertz CT molecular complexity index is 594. The van der Waals surface area contributed by atoms with Gasteiger partial charge in [-0.1, -0.05) is 32.9 Å². The van der Waals surface area contributed by atoms with Crippen LogP contribution in [0.1, 0.15) is 43.9 Å². The quantitative estimate of drug-likeness (QED) is 0.804. The highest BCUT2D eigenvalue weighted by Crippen LogP contribution is 2.25. The molecule has 0 N–H and O–H groups in total. The summed E-state index contributed by atoms with van der Waals surface area (Å²) in [5.41, 5.74) is 2.08. The van der Waals surface area contributed by atoms with Crippen LogP contribution in [0.3, 0.4) is 0 Å². The number of hydrogen-bond donors (Lipinski definition) is 0. The fourth-order valence-corrected chi connectivity index (χ4v) is 1.73. The maximum Gasteiger partial charge on any atom is 0.396 e. The molecule has 0 fully saturated rings. The van der Waals surface area contributed by atoms with Gasteiger partial charge >= 0.3 is 11.9 Å². The number of esters is 1. The van der Waals surface area contributed by atoms with Gasteiger partial charge in [-0.2, -0.15) is 0 Å². The van der Waals surface area contributed by atoms with E-state index >= 15 is 0 Å². The zero-order valence-electron chi connectivity index (χ0n) is 12.1. The molecule has 106 valence electrons. The van der Waals surface area contributed by atoms with Crippen molar-refractivity contribution < 1.29 is 13.9 Å². The van der Waals surface area contributed by atoms with Crippen LogP contribution in [0, 0.1) is 0 Å². The van der Waals surface area contributed by atoms with E-state index in [1.54, 1.807) is 6.92 Å². The van der Waals surface area contributed by atoms with Crippen LogP contribution in [-0.2, 0) is 10.2 Å². The lowest BCUT2D eigenvalue weighted by Gasteiger charge is -2.18. The first kappa shape index (κ1) is 14.2. The van der Waals surface area contributed by atoms with Crippen LogP contribution in [0.2, 0.25) is 0 Å². The number of nitrogens with zero attached hydrogens (tertiary/aromatic N) is 2. The Labute approximate surface area is 118 Å². The number of aromatic nitrogens is 2. The molecular weight excluding hydrogens is 256 g/mol. The summed E-state index contributed by atoms with van der Waals surface area (Å²) in [5.74, 6) is -0.409. The van der Waals surface area contributed by atoms with Gasteiger partial charge in [0.25, 0.3) is 0 Å². The maximum absolute atomic E-state index is 11.5. The Morgan fingerprint density at radius 1 is 1.20 bits per heavy atom. The van der Waals surface area contributed by atoms with E-state index in [4.69, 9.17) is 9.15 Å². The molecule has 0 saturated heterocycles. The van der Waals surface area contributed by atoms with Crippen LogP contribution in [0.15, 0.2) is 28.7 Å². The van der Waals surface area contributed by atoms with Crippen LogP contribution >= 0.6 is 0 Å². The minimum atomic E-state index is -0.599. The zero-order chi connectivity index (χ0) is 14.8. The van der Waals surface area contributed by atoms with Gasteiger partial charge in [0.2, 0.25) is 5.89 Å². The van der Waals surface area contributed by atoms with E-state index in [0.717, 1.165) is 5.56 Å². The molecule has 5 heteroatoms. The maximum atomic E-state index is 11.5. The molecule has 0 saturated carbocycles. The third kappa shape index (κ3) is 3.04. The molecule has 0 unspecified atom stereocenters. The number of benzene rings is 1. The summed E-state index contributed by atoms with van der Waals surface area (Å²) < 4.78 is 10.1. The summed E-state index contributed by atoms with van der Waals surface area (Å²) in [6.07, 6.45) is 0. The molecule has 0 aliphatic heterocycles. The van der Waals surface area contributed by atoms with Crippen molar-refractivity contribution in [3.8, 4) is 11.5 Å². The molecule has 0 aliphatic carbocycles. The topological polar surface area (TPSA) is 65.2 Å². The molecule has 0 aliphatic rings. The second kappa shape index (κ2) is 5.45. The lowest BCUT2D eigenvalue weighted by atomic mass is 9.87. The molecule has 0 amide bonds. The van der Waals surface area contributed by atoms with Gasteiger partial charge in [-0.3, -0.25) is 0 Å². The Hall–Kier alpha value is -2.17. The van der Waals surface area contributed by atoms with Crippen molar-refractivity contribution in [3.63, 3.8) is 0 Å². The van der Waals surface area contributed by atoms with Crippen LogP contribution in [0.25, 0.3) is 11.5 Å². The Morgan fingerprint density at radius 3 is 2.40 bits per heavy atom. The highest BCUT2D eigenvalue weighted by Gasteiger charge is 2.18. The normalized spacial score (nSPS) is 11.4. The average Bonchev–Trinajstić information content (AvgIpc) is 2.88. The van der Waals surface area contributed by atoms with Crippen LogP contribution in [0.4, 0.5) is 0 Å². The van der Waals surface area contributed by atoms with Crippen molar-refractivity contribution in [2.45, 2.75) is 33.1 Å². The lowest BCUT2D eigenvalue weighted by Crippen LogP contribution is -2.10. The van der Waals surface area contributed by atoms with E-state index in [2.05, 4.69) is 31.0 Å². The summed E-state index contributed by atoms with van der Waals surface area (Å²) in [5, 5.41) is 7.56. The first-order chi connectivity index (χ1) is 9.41. The summed E-state index contributed by atoms with van der Waals surface area (Å²) in [6.45, 7) is 8.44. The Balaban J connectivity index is 2.22. The van der Waals surface area contributed by atoms with Crippen molar-refractivity contribution in [3.05, 3.63) is 35.7 Å². The fraction of sp³-hybridized carbons (Fsp3) is 0.400. The number of carbonyl (C=O) groups excluding carboxylic acids is 1. The predicted octanol–water partition coefficient (Wildman–Crippen LogP) is 3.21. The van der Waals surface area contributed by atoms with E-state index in [1.165, 1.54) is 5.56 Å². The number of ether oxygens (including phenoxy) is 1. The average molecular weight is 274 g/mol. The molecule has 0 bridgehead atoms. The third-order valence-electron chi connectivity index (χ3n) is 2.87. The van der Waals surface area contributed by atoms with E-state index in [1.807, 2.05) is 24.3 Å². The molecule has 2 aromatic rings. The Kier molecular flexibility index (Phi) is 3.88. The van der Waals surface area contributed by atoms with E-state index in [0.29, 0.717) is 5.89 Å². The largest absolute Gasteiger partial charge is 0.459 e. The molecule has 0 radical (unpaired) electrons. The van der Waals surface area contributed by atoms with Crippen molar-refractivity contribution in [1.29, 1.82) is 0 Å². The molecular formula is C15H18N2O3. The molecule has 0 spiro atoms. The highest BCUT2D eigenvalue weighted by molar-refractivity contribution is 5.84. The summed E-state index contributed by atoms with van der Waals surface area (Å²) in [6, 6.07) is 7.85. The van der Waals surface area contributed by atoms with E-state index in [-0.39, 0.29) is 17.9 Å². The summed E-state index contributed by atoms with van der Waals surface area (Å²) >= 11 is 0. The number of hydrogen-bond acceptors (Lipinski definition) is 5. The number of carbonyl (C=O) groups is 1. The highest BCUT2D eigenvalue weighted by atomic mass is 16.5. The molecule has 2 rings (SSSR count). The van der Waals surface area contributed by atoms with Gasteiger partial charge in [-0.25, -0.2) is 4.79 Å². The SMILES string of the molecule is CCOC(=O)c1nnc(-c2ccc(C(C)(C)C)cc2)o1. The van der Waals surface area contributed by atoms with E-state index in [9.17, 15) is 4.79 Å². The smallest absolute Gasteiger partial charge is 0.396 e. The molecule has 20 heavy (non-hydrogen) atoms. The zero-order valence-corrected chi connectivity index (χ0v) is 12.1. The molecule has 1 aromatic heterocycles. The van der Waals surface area contributed by atoms with Crippen molar-refractivity contribution >= 4 is 5.97 Å². The first-order valence-electron chi connectivity index (χ1n) is 6.53. The van der Waals surface area contributed by atoms with Gasteiger partial charge in [0.1, 0.15) is 0 Å². The van der Waals surface area contributed by atoms with Gasteiger partial charge in [0, 0.05) is 5.56 Å². The van der Waals surface area contributed by atoms with Gasteiger partial charge < -0.3 is 9.15 Å². The number of rotatable bonds is 3. The van der Waals surface area contributed by atoms with Crippen LogP contribution in [-0.4, -0.2) is 22.8 Å². The predicted molar refractivity (Wildman–Crippen MR) is 74.4 cm³/mol. The molecule has 1 aromatic carbocycles. The molecule has 0 atom stereocenters. The van der Waals surface area contributed by atoms with Crippen LogP contribution < -0.4 is 0 Å². The van der Waals surface area contributed by atoms with Gasteiger partial charge in [0.05, 0.1) is 6.61 Å². The second-order valence-corrected chi connectivity index (χ2v) is 5.46. The minimum absolute atomic E-state index is 0.0868. The fourth-order valence-electron chi connectivity index (χ4n) is 1.73. The minimum Gasteiger partial charge on any atom is -0.459 e. The third-order valence-corrected chi connectivity index (χ3v) is 2.87. The van der Waals surface area contributed by atoms with Gasteiger partial charge in [-0.05, 0) is 30.0 Å². The summed E-state index contributed by atoms with van der Waals surface area (Å²) in [4.78, 5) is 11.5. The Morgan fingerprint density at radius 2 is 1.85 bits per heavy atom. The molecule has 5 nitrogen and oxygen atoms in total.